The van der Waals surface area contributed by atoms with Crippen molar-refractivity contribution in [3.8, 4) is 11.3 Å². The number of hydrogen-bond acceptors (Lipinski definition) is 8. The Bertz CT molecular complexity index is 1420. The summed E-state index contributed by atoms with van der Waals surface area (Å²) in [5.41, 5.74) is 4.24. The number of halogens is 1. The molecular weight excluding hydrogens is 463 g/mol. The van der Waals surface area contributed by atoms with Gasteiger partial charge in [0.25, 0.3) is 0 Å². The van der Waals surface area contributed by atoms with E-state index in [9.17, 15) is 4.39 Å². The van der Waals surface area contributed by atoms with Gasteiger partial charge in [0, 0.05) is 43.4 Å². The number of rotatable bonds is 10. The quantitative estimate of drug-likeness (QED) is 0.252. The summed E-state index contributed by atoms with van der Waals surface area (Å²) in [6.45, 7) is 3.89. The highest BCUT2D eigenvalue weighted by molar-refractivity contribution is 7.18. The summed E-state index contributed by atoms with van der Waals surface area (Å²) < 4.78 is 13.9. The summed E-state index contributed by atoms with van der Waals surface area (Å²) in [6.07, 6.45) is 4.66. The fourth-order valence-corrected chi connectivity index (χ4v) is 4.70. The molecule has 5 aromatic rings. The number of H-pyrrole nitrogens is 1. The predicted octanol–water partition coefficient (Wildman–Crippen LogP) is 4.31. The maximum atomic E-state index is 13.9. The normalized spacial score (nSPS) is 11.3. The Hall–Kier alpha value is -3.76. The van der Waals surface area contributed by atoms with Gasteiger partial charge in [-0.1, -0.05) is 41.7 Å². The average Bonchev–Trinajstić information content (AvgIpc) is 3.47. The molecular formula is C25H25FN8S. The lowest BCUT2D eigenvalue weighted by Gasteiger charge is -2.05. The topological polar surface area (TPSA) is 104 Å². The molecule has 0 fully saturated rings. The van der Waals surface area contributed by atoms with E-state index >= 15 is 0 Å². The molecule has 0 saturated heterocycles. The second-order valence-corrected chi connectivity index (χ2v) is 9.10. The van der Waals surface area contributed by atoms with Crippen LogP contribution in [0.1, 0.15) is 22.2 Å². The minimum absolute atomic E-state index is 0.228. The first kappa shape index (κ1) is 23.0. The molecule has 1 aromatic carbocycles. The number of nitrogens with one attached hydrogen (secondary N) is 3. The summed E-state index contributed by atoms with van der Waals surface area (Å²) in [6, 6.07) is 13.2. The number of fused-ring (bicyclic) bond motifs is 1. The van der Waals surface area contributed by atoms with Crippen LogP contribution >= 0.6 is 11.3 Å². The second-order valence-electron chi connectivity index (χ2n) is 8.04. The third kappa shape index (κ3) is 5.50. The van der Waals surface area contributed by atoms with Crippen LogP contribution in [0.2, 0.25) is 0 Å². The maximum Gasteiger partial charge on any atom is 0.157 e. The molecule has 35 heavy (non-hydrogen) atoms. The van der Waals surface area contributed by atoms with E-state index in [1.54, 1.807) is 23.6 Å². The number of anilines is 1. The predicted molar refractivity (Wildman–Crippen MR) is 136 cm³/mol. The molecule has 3 N–H and O–H groups in total. The number of hydrogen-bond donors (Lipinski definition) is 3. The van der Waals surface area contributed by atoms with Crippen LogP contribution in [0, 0.1) is 12.7 Å². The van der Waals surface area contributed by atoms with Gasteiger partial charge in [0.05, 0.1) is 22.9 Å². The number of aromatic amines is 1. The summed E-state index contributed by atoms with van der Waals surface area (Å²) in [7, 11) is 0. The van der Waals surface area contributed by atoms with E-state index in [1.807, 2.05) is 18.2 Å². The van der Waals surface area contributed by atoms with Gasteiger partial charge in [-0.3, -0.25) is 4.98 Å². The zero-order valence-electron chi connectivity index (χ0n) is 19.3. The number of aromatic nitrogens is 6. The van der Waals surface area contributed by atoms with Crippen LogP contribution in [0.3, 0.4) is 0 Å². The molecule has 0 unspecified atom stereocenters. The van der Waals surface area contributed by atoms with Crippen molar-refractivity contribution in [2.45, 2.75) is 26.3 Å². The maximum absolute atomic E-state index is 13.9. The second kappa shape index (κ2) is 10.7. The molecule has 4 aromatic heterocycles. The van der Waals surface area contributed by atoms with Crippen molar-refractivity contribution in [1.29, 1.82) is 0 Å². The highest BCUT2D eigenvalue weighted by Gasteiger charge is 2.12. The fraction of sp³-hybridized carbons (Fsp3) is 0.240. The Morgan fingerprint density at radius 1 is 0.971 bits per heavy atom. The first-order valence-corrected chi connectivity index (χ1v) is 12.2. The summed E-state index contributed by atoms with van der Waals surface area (Å²) in [5.74, 6) is 1.21. The summed E-state index contributed by atoms with van der Waals surface area (Å²) in [4.78, 5) is 26.4. The fourth-order valence-electron chi connectivity index (χ4n) is 3.79. The standard InChI is InChI=1S/C25H25FN8S/c1-16-22(17-6-3-2-4-7-17)33-20(32-16)9-12-27-13-10-21-34-23-24(30-15-31-25(23)35-21)29-14-19-18(26)8-5-11-28-19/h2-8,11,15,27H,9-10,12-14H2,1H3,(H,32,33)(H,29,30,31). The number of pyridine rings is 1. The van der Waals surface area contributed by atoms with Crippen LogP contribution in [-0.2, 0) is 19.4 Å². The zero-order valence-corrected chi connectivity index (χ0v) is 20.1. The largest absolute Gasteiger partial charge is 0.362 e. The summed E-state index contributed by atoms with van der Waals surface area (Å²) in [5, 5.41) is 7.58. The molecule has 5 rings (SSSR count). The number of nitrogens with zero attached hydrogens (tertiary/aromatic N) is 5. The molecule has 8 nitrogen and oxygen atoms in total. The molecule has 0 spiro atoms. The molecule has 178 valence electrons. The first-order chi connectivity index (χ1) is 17.2. The van der Waals surface area contributed by atoms with Gasteiger partial charge in [-0.15, -0.1) is 0 Å². The van der Waals surface area contributed by atoms with Crippen molar-refractivity contribution in [3.63, 3.8) is 0 Å². The molecule has 4 heterocycles. The van der Waals surface area contributed by atoms with Gasteiger partial charge in [0.1, 0.15) is 28.3 Å². The van der Waals surface area contributed by atoms with E-state index in [4.69, 9.17) is 9.97 Å². The molecule has 0 aliphatic heterocycles. The molecule has 0 amide bonds. The van der Waals surface area contributed by atoms with E-state index in [2.05, 4.69) is 49.6 Å². The SMILES string of the molecule is Cc1[nH]c(CCNCCc2nc3c(NCc4ncccc4F)ncnc3s2)nc1-c1ccccc1. The number of benzene rings is 1. The van der Waals surface area contributed by atoms with E-state index < -0.39 is 0 Å². The van der Waals surface area contributed by atoms with Crippen molar-refractivity contribution >= 4 is 27.5 Å². The van der Waals surface area contributed by atoms with E-state index in [1.165, 1.54) is 12.4 Å². The number of imidazole rings is 1. The molecule has 0 bridgehead atoms. The molecule has 0 atom stereocenters. The van der Waals surface area contributed by atoms with Crippen LogP contribution in [0.4, 0.5) is 10.2 Å². The van der Waals surface area contributed by atoms with Gasteiger partial charge in [0.2, 0.25) is 0 Å². The van der Waals surface area contributed by atoms with Crippen molar-refractivity contribution < 1.29 is 4.39 Å². The van der Waals surface area contributed by atoms with Crippen molar-refractivity contribution in [2.75, 3.05) is 18.4 Å². The van der Waals surface area contributed by atoms with Crippen molar-refractivity contribution in [1.82, 2.24) is 35.2 Å². The van der Waals surface area contributed by atoms with Gasteiger partial charge >= 0.3 is 0 Å². The lowest BCUT2D eigenvalue weighted by atomic mass is 10.1. The van der Waals surface area contributed by atoms with E-state index in [-0.39, 0.29) is 12.4 Å². The number of thiazole rings is 1. The number of aryl methyl sites for hydroxylation is 1. The van der Waals surface area contributed by atoms with Crippen LogP contribution in [0.25, 0.3) is 21.6 Å². The van der Waals surface area contributed by atoms with Gasteiger partial charge in [-0.05, 0) is 19.1 Å². The Morgan fingerprint density at radius 3 is 2.69 bits per heavy atom. The van der Waals surface area contributed by atoms with Gasteiger partial charge < -0.3 is 15.6 Å². The lowest BCUT2D eigenvalue weighted by Crippen LogP contribution is -2.20. The van der Waals surface area contributed by atoms with Crippen LogP contribution in [0.5, 0.6) is 0 Å². The van der Waals surface area contributed by atoms with Gasteiger partial charge in [-0.25, -0.2) is 24.3 Å². The van der Waals surface area contributed by atoms with Gasteiger partial charge in [-0.2, -0.15) is 0 Å². The minimum Gasteiger partial charge on any atom is -0.362 e. The summed E-state index contributed by atoms with van der Waals surface area (Å²) >= 11 is 1.54. The van der Waals surface area contributed by atoms with Crippen LogP contribution < -0.4 is 10.6 Å². The van der Waals surface area contributed by atoms with E-state index in [0.717, 1.165) is 58.5 Å². The van der Waals surface area contributed by atoms with Gasteiger partial charge in [0.15, 0.2) is 5.82 Å². The zero-order chi connectivity index (χ0) is 24.0. The molecule has 0 aliphatic carbocycles. The molecule has 10 heteroatoms. The first-order valence-electron chi connectivity index (χ1n) is 11.4. The van der Waals surface area contributed by atoms with Crippen molar-refractivity contribution in [2.24, 2.45) is 0 Å². The Morgan fingerprint density at radius 2 is 1.83 bits per heavy atom. The third-order valence-electron chi connectivity index (χ3n) is 5.53. The Balaban J connectivity index is 1.13. The monoisotopic (exact) mass is 488 g/mol. The van der Waals surface area contributed by atoms with E-state index in [0.29, 0.717) is 17.0 Å². The lowest BCUT2D eigenvalue weighted by molar-refractivity contribution is 0.602. The third-order valence-corrected chi connectivity index (χ3v) is 6.56. The smallest absolute Gasteiger partial charge is 0.157 e. The molecule has 0 saturated carbocycles. The molecule has 0 aliphatic rings. The Kier molecular flexibility index (Phi) is 7.01. The highest BCUT2D eigenvalue weighted by Crippen LogP contribution is 2.25. The van der Waals surface area contributed by atoms with Crippen LogP contribution in [-0.4, -0.2) is 43.0 Å². The van der Waals surface area contributed by atoms with Crippen LogP contribution in [0.15, 0.2) is 55.0 Å². The minimum atomic E-state index is -0.351. The Labute approximate surface area is 206 Å². The van der Waals surface area contributed by atoms with Crippen molar-refractivity contribution in [3.05, 3.63) is 83.0 Å². The highest BCUT2D eigenvalue weighted by atomic mass is 32.1. The molecule has 0 radical (unpaired) electrons. The average molecular weight is 489 g/mol.